The maximum absolute atomic E-state index is 12.0. The van der Waals surface area contributed by atoms with Crippen molar-refractivity contribution in [1.82, 2.24) is 0 Å². The highest BCUT2D eigenvalue weighted by Crippen LogP contribution is 2.36. The molecular weight excluding hydrogens is 200 g/mol. The molecule has 0 unspecified atom stereocenters. The van der Waals surface area contributed by atoms with Gasteiger partial charge in [0.2, 0.25) is 0 Å². The van der Waals surface area contributed by atoms with E-state index in [0.29, 0.717) is 12.2 Å². The molecule has 3 rings (SSSR count). The standard InChI is InChI=1S/C14H16O2/c15-12-7-3-6-11-13(16)8-9-4-1-2-5-10(9)14(11)12/h8,16H,1-7H2. The molecule has 1 aromatic carbocycles. The molecular formula is C14H16O2. The summed E-state index contributed by atoms with van der Waals surface area (Å²) in [5.41, 5.74) is 4.24. The predicted molar refractivity (Wildman–Crippen MR) is 62.0 cm³/mol. The van der Waals surface area contributed by atoms with Crippen molar-refractivity contribution in [2.24, 2.45) is 0 Å². The summed E-state index contributed by atoms with van der Waals surface area (Å²) in [5.74, 6) is 0.596. The molecule has 0 aromatic heterocycles. The van der Waals surface area contributed by atoms with E-state index in [2.05, 4.69) is 0 Å². The number of benzene rings is 1. The fourth-order valence-electron chi connectivity index (χ4n) is 3.08. The van der Waals surface area contributed by atoms with Gasteiger partial charge in [0.15, 0.2) is 5.78 Å². The van der Waals surface area contributed by atoms with Gasteiger partial charge in [-0.2, -0.15) is 0 Å². The van der Waals surface area contributed by atoms with E-state index in [0.717, 1.165) is 36.8 Å². The number of hydrogen-bond acceptors (Lipinski definition) is 2. The molecule has 16 heavy (non-hydrogen) atoms. The van der Waals surface area contributed by atoms with Crippen LogP contribution in [-0.2, 0) is 19.3 Å². The molecule has 84 valence electrons. The van der Waals surface area contributed by atoms with Gasteiger partial charge in [-0.1, -0.05) is 0 Å². The second kappa shape index (κ2) is 3.62. The van der Waals surface area contributed by atoms with Gasteiger partial charge < -0.3 is 5.11 Å². The summed E-state index contributed by atoms with van der Waals surface area (Å²) in [6.07, 6.45) is 6.80. The number of aromatic hydroxyl groups is 1. The first kappa shape index (κ1) is 9.88. The minimum atomic E-state index is 0.246. The zero-order valence-electron chi connectivity index (χ0n) is 9.38. The quantitative estimate of drug-likeness (QED) is 0.724. The maximum Gasteiger partial charge on any atom is 0.163 e. The summed E-state index contributed by atoms with van der Waals surface area (Å²) in [5, 5.41) is 9.98. The first-order chi connectivity index (χ1) is 7.77. The van der Waals surface area contributed by atoms with Crippen LogP contribution in [0.5, 0.6) is 5.75 Å². The van der Waals surface area contributed by atoms with Gasteiger partial charge in [0, 0.05) is 17.5 Å². The van der Waals surface area contributed by atoms with Crippen LogP contribution >= 0.6 is 0 Å². The highest BCUT2D eigenvalue weighted by Gasteiger charge is 2.26. The van der Waals surface area contributed by atoms with Crippen LogP contribution in [0.2, 0.25) is 0 Å². The lowest BCUT2D eigenvalue weighted by Gasteiger charge is -2.25. The number of Topliss-reactive ketones (excluding diaryl/α,β-unsaturated/α-hetero) is 1. The lowest BCUT2D eigenvalue weighted by Crippen LogP contribution is -2.17. The monoisotopic (exact) mass is 216 g/mol. The Morgan fingerprint density at radius 1 is 0.938 bits per heavy atom. The molecule has 0 spiro atoms. The number of phenols is 1. The van der Waals surface area contributed by atoms with Gasteiger partial charge in [0.05, 0.1) is 0 Å². The van der Waals surface area contributed by atoms with Crippen LogP contribution in [0, 0.1) is 0 Å². The third-order valence-electron chi connectivity index (χ3n) is 3.84. The number of fused-ring (bicyclic) bond motifs is 3. The molecule has 0 saturated heterocycles. The van der Waals surface area contributed by atoms with Crippen molar-refractivity contribution in [3.8, 4) is 5.75 Å². The molecule has 0 aliphatic heterocycles. The van der Waals surface area contributed by atoms with E-state index in [9.17, 15) is 9.90 Å². The number of carbonyl (C=O) groups is 1. The van der Waals surface area contributed by atoms with Crippen molar-refractivity contribution >= 4 is 5.78 Å². The van der Waals surface area contributed by atoms with Crippen molar-refractivity contribution < 1.29 is 9.90 Å². The molecule has 0 amide bonds. The fraction of sp³-hybridized carbons (Fsp3) is 0.500. The lowest BCUT2D eigenvalue weighted by molar-refractivity contribution is 0.0970. The third kappa shape index (κ3) is 1.36. The molecule has 1 N–H and O–H groups in total. The van der Waals surface area contributed by atoms with Crippen LogP contribution in [0.3, 0.4) is 0 Å². The van der Waals surface area contributed by atoms with E-state index in [-0.39, 0.29) is 5.78 Å². The summed E-state index contributed by atoms with van der Waals surface area (Å²) in [6, 6.07) is 1.89. The van der Waals surface area contributed by atoms with Crippen molar-refractivity contribution in [3.63, 3.8) is 0 Å². The molecule has 0 bridgehead atoms. The molecule has 0 heterocycles. The van der Waals surface area contributed by atoms with Gasteiger partial charge in [0.25, 0.3) is 0 Å². The van der Waals surface area contributed by atoms with Gasteiger partial charge in [-0.3, -0.25) is 4.79 Å². The zero-order valence-corrected chi connectivity index (χ0v) is 9.38. The zero-order chi connectivity index (χ0) is 11.1. The minimum absolute atomic E-state index is 0.246. The molecule has 2 heteroatoms. The van der Waals surface area contributed by atoms with Crippen molar-refractivity contribution in [1.29, 1.82) is 0 Å². The molecule has 2 aliphatic rings. The molecule has 0 radical (unpaired) electrons. The number of hydrogen-bond donors (Lipinski definition) is 1. The summed E-state index contributed by atoms with van der Waals surface area (Å²) in [6.45, 7) is 0. The third-order valence-corrected chi connectivity index (χ3v) is 3.84. The molecule has 1 aromatic rings. The Labute approximate surface area is 95.3 Å². The summed E-state index contributed by atoms with van der Waals surface area (Å²) >= 11 is 0. The van der Waals surface area contributed by atoms with Crippen LogP contribution in [0.4, 0.5) is 0 Å². The number of ketones is 1. The lowest BCUT2D eigenvalue weighted by atomic mass is 9.79. The predicted octanol–water partition coefficient (Wildman–Crippen LogP) is 2.79. The van der Waals surface area contributed by atoms with Crippen molar-refractivity contribution in [2.45, 2.75) is 44.9 Å². The summed E-state index contributed by atoms with van der Waals surface area (Å²) in [4.78, 5) is 12.0. The molecule has 2 nitrogen and oxygen atoms in total. The Kier molecular flexibility index (Phi) is 2.23. The summed E-state index contributed by atoms with van der Waals surface area (Å²) in [7, 11) is 0. The van der Waals surface area contributed by atoms with Gasteiger partial charge in [-0.15, -0.1) is 0 Å². The van der Waals surface area contributed by atoms with Crippen LogP contribution in [0.1, 0.15) is 52.7 Å². The minimum Gasteiger partial charge on any atom is -0.508 e. The highest BCUT2D eigenvalue weighted by molar-refractivity contribution is 6.01. The Morgan fingerprint density at radius 2 is 1.69 bits per heavy atom. The molecule has 0 atom stereocenters. The van der Waals surface area contributed by atoms with E-state index in [4.69, 9.17) is 0 Å². The smallest absolute Gasteiger partial charge is 0.163 e. The van der Waals surface area contributed by atoms with Gasteiger partial charge in [0.1, 0.15) is 5.75 Å². The Hall–Kier alpha value is -1.31. The first-order valence-electron chi connectivity index (χ1n) is 6.17. The van der Waals surface area contributed by atoms with Crippen LogP contribution in [0.15, 0.2) is 6.07 Å². The molecule has 2 aliphatic carbocycles. The Balaban J connectivity index is 2.25. The van der Waals surface area contributed by atoms with E-state index in [1.165, 1.54) is 24.0 Å². The SMILES string of the molecule is O=C1CCCc2c(O)cc3c(c21)CCCC3. The largest absolute Gasteiger partial charge is 0.508 e. The van der Waals surface area contributed by atoms with E-state index >= 15 is 0 Å². The van der Waals surface area contributed by atoms with Crippen molar-refractivity contribution in [2.75, 3.05) is 0 Å². The van der Waals surface area contributed by atoms with E-state index in [1.807, 2.05) is 6.07 Å². The van der Waals surface area contributed by atoms with Crippen LogP contribution in [-0.4, -0.2) is 10.9 Å². The highest BCUT2D eigenvalue weighted by atomic mass is 16.3. The van der Waals surface area contributed by atoms with E-state index in [1.54, 1.807) is 0 Å². The first-order valence-corrected chi connectivity index (χ1v) is 6.17. The number of aryl methyl sites for hydroxylation is 1. The second-order valence-corrected chi connectivity index (χ2v) is 4.87. The average Bonchev–Trinajstić information content (AvgIpc) is 2.30. The average molecular weight is 216 g/mol. The normalized spacial score (nSPS) is 19.1. The molecule has 0 fully saturated rings. The summed E-state index contributed by atoms with van der Waals surface area (Å²) < 4.78 is 0. The number of phenolic OH excluding ortho intramolecular Hbond substituents is 1. The topological polar surface area (TPSA) is 37.3 Å². The van der Waals surface area contributed by atoms with Gasteiger partial charge >= 0.3 is 0 Å². The van der Waals surface area contributed by atoms with Crippen molar-refractivity contribution in [3.05, 3.63) is 28.3 Å². The number of carbonyl (C=O) groups excluding carboxylic acids is 1. The fourth-order valence-corrected chi connectivity index (χ4v) is 3.08. The van der Waals surface area contributed by atoms with E-state index < -0.39 is 0 Å². The van der Waals surface area contributed by atoms with Crippen LogP contribution in [0.25, 0.3) is 0 Å². The Morgan fingerprint density at radius 3 is 2.56 bits per heavy atom. The maximum atomic E-state index is 12.0. The van der Waals surface area contributed by atoms with Crippen LogP contribution < -0.4 is 0 Å². The Bertz CT molecular complexity index is 460. The second-order valence-electron chi connectivity index (χ2n) is 4.87. The van der Waals surface area contributed by atoms with Gasteiger partial charge in [-0.25, -0.2) is 0 Å². The van der Waals surface area contributed by atoms with Gasteiger partial charge in [-0.05, 0) is 55.7 Å². The number of rotatable bonds is 0. The molecule has 0 saturated carbocycles.